The van der Waals surface area contributed by atoms with Gasteiger partial charge in [0.2, 0.25) is 0 Å². The normalized spacial score (nSPS) is 28.8. The molecule has 1 aliphatic rings. The molecule has 1 aliphatic carbocycles. The summed E-state index contributed by atoms with van der Waals surface area (Å²) in [5.74, 6) is 1.72. The lowest BCUT2D eigenvalue weighted by Gasteiger charge is -2.31. The Morgan fingerprint density at radius 3 is 2.50 bits per heavy atom. The lowest BCUT2D eigenvalue weighted by molar-refractivity contribution is 0.237. The molecule has 1 N–H and O–H groups in total. The van der Waals surface area contributed by atoms with Gasteiger partial charge in [-0.05, 0) is 51.0 Å². The predicted molar refractivity (Wildman–Crippen MR) is 75.4 cm³/mol. The smallest absolute Gasteiger partial charge is 0.0762 e. The van der Waals surface area contributed by atoms with Gasteiger partial charge in [0.15, 0.2) is 0 Å². The molecule has 2 unspecified atom stereocenters. The molecule has 2 atom stereocenters. The van der Waals surface area contributed by atoms with Crippen LogP contribution in [0.2, 0.25) is 0 Å². The highest BCUT2D eigenvalue weighted by Gasteiger charge is 2.23. The van der Waals surface area contributed by atoms with E-state index in [9.17, 15) is 0 Å². The SMILES string of the molecule is CC1CC(C)CC(NCc2ccn(C(C)C)n2)C1. The van der Waals surface area contributed by atoms with E-state index in [1.54, 1.807) is 0 Å². The summed E-state index contributed by atoms with van der Waals surface area (Å²) in [6.07, 6.45) is 6.10. The third kappa shape index (κ3) is 3.58. The van der Waals surface area contributed by atoms with E-state index in [4.69, 9.17) is 0 Å². The van der Waals surface area contributed by atoms with E-state index < -0.39 is 0 Å². The molecular weight excluding hydrogens is 222 g/mol. The van der Waals surface area contributed by atoms with Crippen LogP contribution in [0.5, 0.6) is 0 Å². The summed E-state index contributed by atoms with van der Waals surface area (Å²) in [5.41, 5.74) is 1.16. The van der Waals surface area contributed by atoms with E-state index in [-0.39, 0.29) is 0 Å². The Morgan fingerprint density at radius 2 is 1.94 bits per heavy atom. The van der Waals surface area contributed by atoms with Crippen molar-refractivity contribution in [3.8, 4) is 0 Å². The molecule has 102 valence electrons. The van der Waals surface area contributed by atoms with Crippen LogP contribution in [0.4, 0.5) is 0 Å². The Balaban J connectivity index is 1.83. The molecule has 3 heteroatoms. The monoisotopic (exact) mass is 249 g/mol. The zero-order valence-electron chi connectivity index (χ0n) is 12.2. The van der Waals surface area contributed by atoms with Gasteiger partial charge in [0, 0.05) is 24.8 Å². The number of nitrogens with zero attached hydrogens (tertiary/aromatic N) is 2. The molecule has 0 aromatic carbocycles. The summed E-state index contributed by atoms with van der Waals surface area (Å²) < 4.78 is 2.03. The van der Waals surface area contributed by atoms with Gasteiger partial charge in [0.05, 0.1) is 5.69 Å². The fourth-order valence-electron chi connectivity index (χ4n) is 3.12. The maximum absolute atomic E-state index is 4.59. The summed E-state index contributed by atoms with van der Waals surface area (Å²) in [7, 11) is 0. The van der Waals surface area contributed by atoms with Gasteiger partial charge in [0.25, 0.3) is 0 Å². The van der Waals surface area contributed by atoms with Gasteiger partial charge >= 0.3 is 0 Å². The highest BCUT2D eigenvalue weighted by Crippen LogP contribution is 2.28. The molecule has 2 rings (SSSR count). The van der Waals surface area contributed by atoms with E-state index >= 15 is 0 Å². The second-order valence-electron chi connectivity index (χ2n) is 6.38. The molecule has 1 aromatic rings. The topological polar surface area (TPSA) is 29.9 Å². The van der Waals surface area contributed by atoms with Crippen LogP contribution in [0.25, 0.3) is 0 Å². The van der Waals surface area contributed by atoms with Crippen molar-refractivity contribution in [1.82, 2.24) is 15.1 Å². The number of hydrogen-bond acceptors (Lipinski definition) is 2. The molecule has 0 bridgehead atoms. The summed E-state index contributed by atoms with van der Waals surface area (Å²) in [6, 6.07) is 3.25. The zero-order valence-corrected chi connectivity index (χ0v) is 12.2. The minimum Gasteiger partial charge on any atom is -0.308 e. The second kappa shape index (κ2) is 5.87. The van der Waals surface area contributed by atoms with E-state index in [0.717, 1.165) is 24.1 Å². The van der Waals surface area contributed by atoms with Crippen LogP contribution < -0.4 is 5.32 Å². The van der Waals surface area contributed by atoms with E-state index in [1.165, 1.54) is 19.3 Å². The Bertz CT molecular complexity index is 360. The van der Waals surface area contributed by atoms with Crippen molar-refractivity contribution in [3.05, 3.63) is 18.0 Å². The summed E-state index contributed by atoms with van der Waals surface area (Å²) in [4.78, 5) is 0. The largest absolute Gasteiger partial charge is 0.308 e. The molecule has 3 nitrogen and oxygen atoms in total. The highest BCUT2D eigenvalue weighted by molar-refractivity contribution is 4.99. The van der Waals surface area contributed by atoms with Crippen molar-refractivity contribution in [2.24, 2.45) is 11.8 Å². The predicted octanol–water partition coefficient (Wildman–Crippen LogP) is 3.38. The summed E-state index contributed by atoms with van der Waals surface area (Å²) in [5, 5.41) is 8.26. The fraction of sp³-hybridized carbons (Fsp3) is 0.800. The minimum atomic E-state index is 0.452. The first-order chi connectivity index (χ1) is 8.54. The molecule has 0 radical (unpaired) electrons. The van der Waals surface area contributed by atoms with Gasteiger partial charge < -0.3 is 5.32 Å². The molecule has 1 saturated carbocycles. The van der Waals surface area contributed by atoms with Gasteiger partial charge in [-0.2, -0.15) is 5.10 Å². The van der Waals surface area contributed by atoms with Gasteiger partial charge in [-0.1, -0.05) is 13.8 Å². The van der Waals surface area contributed by atoms with E-state index in [2.05, 4.69) is 50.4 Å². The lowest BCUT2D eigenvalue weighted by atomic mass is 9.80. The fourth-order valence-corrected chi connectivity index (χ4v) is 3.12. The maximum Gasteiger partial charge on any atom is 0.0762 e. The first kappa shape index (κ1) is 13.6. The molecule has 0 saturated heterocycles. The number of aromatic nitrogens is 2. The van der Waals surface area contributed by atoms with Crippen LogP contribution in [0, 0.1) is 11.8 Å². The third-order valence-corrected chi connectivity index (χ3v) is 3.94. The van der Waals surface area contributed by atoms with E-state index in [0.29, 0.717) is 12.1 Å². The van der Waals surface area contributed by atoms with Crippen LogP contribution in [-0.4, -0.2) is 15.8 Å². The molecule has 18 heavy (non-hydrogen) atoms. The molecule has 1 heterocycles. The number of nitrogens with one attached hydrogen (secondary N) is 1. The molecule has 1 aromatic heterocycles. The van der Waals surface area contributed by atoms with Crippen LogP contribution in [0.3, 0.4) is 0 Å². The minimum absolute atomic E-state index is 0.452. The van der Waals surface area contributed by atoms with Crippen LogP contribution in [0.15, 0.2) is 12.3 Å². The lowest BCUT2D eigenvalue weighted by Crippen LogP contribution is -2.36. The number of rotatable bonds is 4. The highest BCUT2D eigenvalue weighted by atomic mass is 15.3. The first-order valence-corrected chi connectivity index (χ1v) is 7.32. The third-order valence-electron chi connectivity index (χ3n) is 3.94. The van der Waals surface area contributed by atoms with Crippen molar-refractivity contribution in [2.75, 3.05) is 0 Å². The Morgan fingerprint density at radius 1 is 1.28 bits per heavy atom. The van der Waals surface area contributed by atoms with Crippen molar-refractivity contribution in [2.45, 2.75) is 65.6 Å². The van der Waals surface area contributed by atoms with Crippen LogP contribution in [0.1, 0.15) is 58.7 Å². The van der Waals surface area contributed by atoms with Gasteiger partial charge in [-0.25, -0.2) is 0 Å². The summed E-state index contributed by atoms with van der Waals surface area (Å²) >= 11 is 0. The second-order valence-corrected chi connectivity index (χ2v) is 6.38. The molecule has 0 amide bonds. The van der Waals surface area contributed by atoms with Crippen LogP contribution >= 0.6 is 0 Å². The molecule has 1 fully saturated rings. The Labute approximate surface area is 111 Å². The average Bonchev–Trinajstić information content (AvgIpc) is 2.73. The van der Waals surface area contributed by atoms with Crippen LogP contribution in [-0.2, 0) is 6.54 Å². The van der Waals surface area contributed by atoms with E-state index in [1.807, 2.05) is 4.68 Å². The first-order valence-electron chi connectivity index (χ1n) is 7.32. The number of hydrogen-bond donors (Lipinski definition) is 1. The zero-order chi connectivity index (χ0) is 13.1. The molecule has 0 aliphatic heterocycles. The van der Waals surface area contributed by atoms with Crippen molar-refractivity contribution >= 4 is 0 Å². The average molecular weight is 249 g/mol. The summed E-state index contributed by atoms with van der Waals surface area (Å²) in [6.45, 7) is 9.98. The molecular formula is C15H27N3. The standard InChI is InChI=1S/C15H27N3/c1-11(2)18-6-5-14(17-18)10-16-15-8-12(3)7-13(4)9-15/h5-6,11-13,15-16H,7-10H2,1-4H3. The van der Waals surface area contributed by atoms with Crippen molar-refractivity contribution in [1.29, 1.82) is 0 Å². The van der Waals surface area contributed by atoms with Gasteiger partial charge in [-0.3, -0.25) is 4.68 Å². The van der Waals surface area contributed by atoms with Gasteiger partial charge in [-0.15, -0.1) is 0 Å². The maximum atomic E-state index is 4.59. The van der Waals surface area contributed by atoms with Crippen molar-refractivity contribution in [3.63, 3.8) is 0 Å². The van der Waals surface area contributed by atoms with Gasteiger partial charge in [0.1, 0.15) is 0 Å². The quantitative estimate of drug-likeness (QED) is 0.886. The Kier molecular flexibility index (Phi) is 4.44. The van der Waals surface area contributed by atoms with Crippen molar-refractivity contribution < 1.29 is 0 Å². The molecule has 0 spiro atoms. The Hall–Kier alpha value is -0.830.